The van der Waals surface area contributed by atoms with E-state index in [1.807, 2.05) is 6.92 Å². The molecular weight excluding hydrogens is 307 g/mol. The van der Waals surface area contributed by atoms with Crippen molar-refractivity contribution in [2.24, 2.45) is 17.8 Å². The van der Waals surface area contributed by atoms with Gasteiger partial charge in [-0.3, -0.25) is 4.79 Å². The molecule has 0 spiro atoms. The zero-order chi connectivity index (χ0) is 16.6. The quantitative estimate of drug-likeness (QED) is 0.902. The normalized spacial score (nSPS) is 27.7. The molecule has 3 rings (SSSR count). The minimum Gasteiger partial charge on any atom is -0.406 e. The molecule has 1 N–H and O–H groups in total. The van der Waals surface area contributed by atoms with Gasteiger partial charge >= 0.3 is 6.36 Å². The van der Waals surface area contributed by atoms with Gasteiger partial charge in [-0.2, -0.15) is 0 Å². The smallest absolute Gasteiger partial charge is 0.406 e. The number of hydrogen-bond acceptors (Lipinski definition) is 2. The van der Waals surface area contributed by atoms with Gasteiger partial charge in [0.05, 0.1) is 0 Å². The third-order valence-corrected chi connectivity index (χ3v) is 5.14. The van der Waals surface area contributed by atoms with Crippen LogP contribution >= 0.6 is 0 Å². The van der Waals surface area contributed by atoms with Gasteiger partial charge in [0.1, 0.15) is 5.75 Å². The molecule has 1 aromatic rings. The molecular formula is C17H20F3NO2. The lowest BCUT2D eigenvalue weighted by Crippen LogP contribution is -2.40. The standard InChI is InChI=1S/C17H20F3NO2/c1-10(15-9-11-2-3-13(15)8-11)21-16(22)12-4-6-14(7-5-12)23-17(18,19)20/h4-7,10-11,13,15H,2-3,8-9H2,1H3,(H,21,22). The Bertz CT molecular complexity index is 570. The van der Waals surface area contributed by atoms with Crippen LogP contribution in [0.1, 0.15) is 43.0 Å². The first-order chi connectivity index (χ1) is 10.8. The van der Waals surface area contributed by atoms with E-state index in [1.165, 1.54) is 37.8 Å². The van der Waals surface area contributed by atoms with E-state index in [4.69, 9.17) is 0 Å². The largest absolute Gasteiger partial charge is 0.573 e. The summed E-state index contributed by atoms with van der Waals surface area (Å²) in [7, 11) is 0. The molecule has 2 fully saturated rings. The minimum absolute atomic E-state index is 0.0869. The molecule has 2 bridgehead atoms. The Hall–Kier alpha value is -1.72. The predicted molar refractivity (Wildman–Crippen MR) is 79.0 cm³/mol. The number of nitrogens with one attached hydrogen (secondary N) is 1. The summed E-state index contributed by atoms with van der Waals surface area (Å²) < 4.78 is 40.2. The van der Waals surface area contributed by atoms with Crippen LogP contribution in [-0.4, -0.2) is 18.3 Å². The van der Waals surface area contributed by atoms with Gasteiger partial charge in [-0.05, 0) is 68.2 Å². The van der Waals surface area contributed by atoms with Crippen LogP contribution in [0.2, 0.25) is 0 Å². The second-order valence-corrected chi connectivity index (χ2v) is 6.67. The fourth-order valence-corrected chi connectivity index (χ4v) is 4.11. The van der Waals surface area contributed by atoms with Crippen molar-refractivity contribution in [1.82, 2.24) is 5.32 Å². The van der Waals surface area contributed by atoms with E-state index in [-0.39, 0.29) is 17.7 Å². The van der Waals surface area contributed by atoms with Gasteiger partial charge in [0.15, 0.2) is 0 Å². The van der Waals surface area contributed by atoms with E-state index < -0.39 is 6.36 Å². The van der Waals surface area contributed by atoms with Crippen molar-refractivity contribution in [3.63, 3.8) is 0 Å². The van der Waals surface area contributed by atoms with Gasteiger partial charge in [-0.1, -0.05) is 6.42 Å². The van der Waals surface area contributed by atoms with Crippen LogP contribution in [0.25, 0.3) is 0 Å². The molecule has 0 aromatic heterocycles. The zero-order valence-electron chi connectivity index (χ0n) is 12.9. The van der Waals surface area contributed by atoms with Crippen LogP contribution in [0.15, 0.2) is 24.3 Å². The number of halogens is 3. The summed E-state index contributed by atoms with van der Waals surface area (Å²) in [6.07, 6.45) is 0.278. The molecule has 6 heteroatoms. The van der Waals surface area contributed by atoms with Crippen molar-refractivity contribution in [2.75, 3.05) is 0 Å². The molecule has 3 nitrogen and oxygen atoms in total. The maximum atomic E-state index is 12.2. The lowest BCUT2D eigenvalue weighted by molar-refractivity contribution is -0.274. The summed E-state index contributed by atoms with van der Waals surface area (Å²) in [5, 5.41) is 2.99. The first-order valence-electron chi connectivity index (χ1n) is 7.98. The van der Waals surface area contributed by atoms with Crippen molar-refractivity contribution in [2.45, 2.75) is 45.0 Å². The number of amides is 1. The fourth-order valence-electron chi connectivity index (χ4n) is 4.11. The SMILES string of the molecule is CC(NC(=O)c1ccc(OC(F)(F)F)cc1)C1CC2CCC1C2. The van der Waals surface area contributed by atoms with Crippen molar-refractivity contribution in [3.05, 3.63) is 29.8 Å². The molecule has 23 heavy (non-hydrogen) atoms. The average molecular weight is 327 g/mol. The Balaban J connectivity index is 1.57. The maximum Gasteiger partial charge on any atom is 0.573 e. The predicted octanol–water partition coefficient (Wildman–Crippen LogP) is 4.14. The van der Waals surface area contributed by atoms with E-state index in [0.29, 0.717) is 17.4 Å². The summed E-state index contributed by atoms with van der Waals surface area (Å²) in [6, 6.07) is 5.10. The summed E-state index contributed by atoms with van der Waals surface area (Å²) in [6.45, 7) is 2.02. The molecule has 0 heterocycles. The van der Waals surface area contributed by atoms with Crippen molar-refractivity contribution >= 4 is 5.91 Å². The molecule has 2 aliphatic carbocycles. The summed E-state index contributed by atoms with van der Waals surface area (Å²) in [5.74, 6) is 1.46. The Morgan fingerprint density at radius 3 is 2.43 bits per heavy atom. The summed E-state index contributed by atoms with van der Waals surface area (Å²) >= 11 is 0. The highest BCUT2D eigenvalue weighted by Crippen LogP contribution is 2.49. The van der Waals surface area contributed by atoms with Crippen molar-refractivity contribution in [3.8, 4) is 5.75 Å². The lowest BCUT2D eigenvalue weighted by atomic mass is 9.84. The fraction of sp³-hybridized carbons (Fsp3) is 0.588. The number of carbonyl (C=O) groups is 1. The maximum absolute atomic E-state index is 12.2. The first-order valence-corrected chi connectivity index (χ1v) is 7.98. The van der Waals surface area contributed by atoms with Crippen LogP contribution in [-0.2, 0) is 0 Å². The second kappa shape index (κ2) is 6.06. The number of rotatable bonds is 4. The molecule has 1 aromatic carbocycles. The van der Waals surface area contributed by atoms with Gasteiger partial charge in [0, 0.05) is 11.6 Å². The molecule has 0 radical (unpaired) electrons. The van der Waals surface area contributed by atoms with Crippen LogP contribution in [0.5, 0.6) is 5.75 Å². The minimum atomic E-state index is -4.72. The van der Waals surface area contributed by atoms with E-state index in [9.17, 15) is 18.0 Å². The average Bonchev–Trinajstić information content (AvgIpc) is 3.08. The molecule has 126 valence electrons. The summed E-state index contributed by atoms with van der Waals surface area (Å²) in [5.41, 5.74) is 0.342. The zero-order valence-corrected chi connectivity index (χ0v) is 12.9. The van der Waals surface area contributed by atoms with Gasteiger partial charge in [-0.15, -0.1) is 13.2 Å². The Kier molecular flexibility index (Phi) is 4.25. The Morgan fingerprint density at radius 2 is 1.91 bits per heavy atom. The van der Waals surface area contributed by atoms with E-state index >= 15 is 0 Å². The Labute approximate surface area is 133 Å². The summed E-state index contributed by atoms with van der Waals surface area (Å²) in [4.78, 5) is 12.2. The van der Waals surface area contributed by atoms with Gasteiger partial charge < -0.3 is 10.1 Å². The Morgan fingerprint density at radius 1 is 1.22 bits per heavy atom. The number of carbonyl (C=O) groups excluding carboxylic acids is 1. The van der Waals surface area contributed by atoms with Crippen LogP contribution in [0.3, 0.4) is 0 Å². The van der Waals surface area contributed by atoms with Crippen LogP contribution in [0, 0.1) is 17.8 Å². The molecule has 4 atom stereocenters. The molecule has 2 saturated carbocycles. The van der Waals surface area contributed by atoms with Gasteiger partial charge in [-0.25, -0.2) is 0 Å². The van der Waals surface area contributed by atoms with Crippen molar-refractivity contribution in [1.29, 1.82) is 0 Å². The third-order valence-electron chi connectivity index (χ3n) is 5.14. The second-order valence-electron chi connectivity index (χ2n) is 6.67. The van der Waals surface area contributed by atoms with E-state index in [2.05, 4.69) is 10.1 Å². The van der Waals surface area contributed by atoms with Crippen LogP contribution in [0.4, 0.5) is 13.2 Å². The van der Waals surface area contributed by atoms with Crippen molar-refractivity contribution < 1.29 is 22.7 Å². The van der Waals surface area contributed by atoms with E-state index in [0.717, 1.165) is 18.1 Å². The molecule has 1 amide bonds. The molecule has 0 saturated heterocycles. The van der Waals surface area contributed by atoms with Gasteiger partial charge in [0.25, 0.3) is 5.91 Å². The monoisotopic (exact) mass is 327 g/mol. The highest BCUT2D eigenvalue weighted by Gasteiger charge is 2.42. The lowest BCUT2D eigenvalue weighted by Gasteiger charge is -2.28. The van der Waals surface area contributed by atoms with Gasteiger partial charge in [0.2, 0.25) is 0 Å². The topological polar surface area (TPSA) is 38.3 Å². The third kappa shape index (κ3) is 3.79. The first kappa shape index (κ1) is 16.1. The van der Waals surface area contributed by atoms with Crippen LogP contribution < -0.4 is 10.1 Å². The number of fused-ring (bicyclic) bond motifs is 2. The van der Waals surface area contributed by atoms with E-state index in [1.54, 1.807) is 0 Å². The highest BCUT2D eigenvalue weighted by atomic mass is 19.4. The number of hydrogen-bond donors (Lipinski definition) is 1. The number of alkyl halides is 3. The molecule has 4 unspecified atom stereocenters. The molecule has 0 aliphatic heterocycles. The highest BCUT2D eigenvalue weighted by molar-refractivity contribution is 5.94. The number of ether oxygens (including phenoxy) is 1. The number of benzene rings is 1. The molecule has 2 aliphatic rings.